The van der Waals surface area contributed by atoms with E-state index in [-0.39, 0.29) is 6.04 Å². The first-order valence-corrected chi connectivity index (χ1v) is 8.56. The van der Waals surface area contributed by atoms with Gasteiger partial charge in [-0.1, -0.05) is 42.5 Å². The van der Waals surface area contributed by atoms with E-state index in [1.807, 2.05) is 56.3 Å². The van der Waals surface area contributed by atoms with E-state index < -0.39 is 19.3 Å². The van der Waals surface area contributed by atoms with Crippen molar-refractivity contribution in [3.8, 4) is 5.75 Å². The molecule has 27 heavy (non-hydrogen) atoms. The Bertz CT molecular complexity index is 806. The molecule has 2 aromatic rings. The largest absolute Gasteiger partial charge is 0.868 e. The summed E-state index contributed by atoms with van der Waals surface area (Å²) >= 11 is 0. The molecule has 0 heterocycles. The van der Waals surface area contributed by atoms with Crippen LogP contribution in [-0.2, 0) is 18.9 Å². The maximum Gasteiger partial charge on any atom is 0.868 e. The van der Waals surface area contributed by atoms with Gasteiger partial charge >= 0.3 is 7.32 Å². The van der Waals surface area contributed by atoms with Crippen LogP contribution in [0.2, 0.25) is 0 Å². The number of benzene rings is 2. The monoisotopic (exact) mass is 367 g/mol. The van der Waals surface area contributed by atoms with Crippen LogP contribution in [-0.4, -0.2) is 25.0 Å². The zero-order valence-electron chi connectivity index (χ0n) is 15.8. The number of hydrogen-bond donors (Lipinski definition) is 0. The molecule has 0 aromatic heterocycles. The number of nitrogens with zero attached hydrogens (tertiary/aromatic N) is 1. The summed E-state index contributed by atoms with van der Waals surface area (Å²) in [6.45, 7) is 6.29. The molecule has 140 valence electrons. The van der Waals surface area contributed by atoms with Crippen LogP contribution in [0.5, 0.6) is 5.75 Å². The van der Waals surface area contributed by atoms with E-state index in [1.54, 1.807) is 12.1 Å². The fraction of sp³-hybridized carbons (Fsp3) is 0.250. The molecule has 0 radical (unpaired) electrons. The Hall–Kier alpha value is -3.09. The van der Waals surface area contributed by atoms with Crippen molar-refractivity contribution < 1.29 is 23.6 Å². The Morgan fingerprint density at radius 3 is 2.04 bits per heavy atom. The van der Waals surface area contributed by atoms with Gasteiger partial charge in [0.15, 0.2) is 0 Å². The van der Waals surface area contributed by atoms with Gasteiger partial charge in [-0.3, -0.25) is 14.6 Å². The first-order chi connectivity index (χ1) is 12.9. The average Bonchev–Trinajstić information content (AvgIpc) is 2.61. The molecule has 0 fully saturated rings. The average molecular weight is 367 g/mol. The van der Waals surface area contributed by atoms with Gasteiger partial charge in [-0.05, 0) is 31.5 Å². The van der Waals surface area contributed by atoms with Gasteiger partial charge in [0, 0.05) is 25.1 Å². The van der Waals surface area contributed by atoms with Crippen LogP contribution in [0.15, 0.2) is 59.6 Å². The maximum atomic E-state index is 11.2. The van der Waals surface area contributed by atoms with Crippen LogP contribution in [0.1, 0.15) is 44.9 Å². The first-order valence-electron chi connectivity index (χ1n) is 8.56. The van der Waals surface area contributed by atoms with Gasteiger partial charge in [0.25, 0.3) is 11.9 Å². The first kappa shape index (κ1) is 20.2. The fourth-order valence-electron chi connectivity index (χ4n) is 2.48. The van der Waals surface area contributed by atoms with Crippen LogP contribution in [0.4, 0.5) is 0 Å². The van der Waals surface area contributed by atoms with E-state index in [9.17, 15) is 9.59 Å². The lowest BCUT2D eigenvalue weighted by molar-refractivity contribution is -0.139. The molecule has 0 N–H and O–H groups in total. The van der Waals surface area contributed by atoms with E-state index in [2.05, 4.69) is 0 Å². The van der Waals surface area contributed by atoms with Crippen molar-refractivity contribution in [1.29, 1.82) is 0 Å². The Balaban J connectivity index is 2.26. The van der Waals surface area contributed by atoms with Gasteiger partial charge in [-0.15, -0.1) is 0 Å². The van der Waals surface area contributed by atoms with Crippen molar-refractivity contribution >= 4 is 25.0 Å². The van der Waals surface area contributed by atoms with Gasteiger partial charge in [-0.2, -0.15) is 0 Å². The van der Waals surface area contributed by atoms with Crippen LogP contribution >= 0.6 is 0 Å². The molecule has 0 aliphatic carbocycles. The third-order valence-corrected chi connectivity index (χ3v) is 3.69. The number of aliphatic imine (C=N–C) groups is 1. The Kier molecular flexibility index (Phi) is 7.17. The van der Waals surface area contributed by atoms with Gasteiger partial charge in [0.1, 0.15) is 5.75 Å². The van der Waals surface area contributed by atoms with E-state index in [0.717, 1.165) is 11.3 Å². The number of rotatable bonds is 7. The Morgan fingerprint density at radius 1 is 0.889 bits per heavy atom. The summed E-state index contributed by atoms with van der Waals surface area (Å²) in [4.78, 5) is 27.2. The lowest BCUT2D eigenvalue weighted by Crippen LogP contribution is -2.34. The summed E-state index contributed by atoms with van der Waals surface area (Å²) in [6, 6.07) is 17.0. The topological polar surface area (TPSA) is 74.2 Å². The van der Waals surface area contributed by atoms with E-state index in [4.69, 9.17) is 19.0 Å². The molecule has 7 heteroatoms. The molecule has 0 aliphatic rings. The Labute approximate surface area is 159 Å². The third kappa shape index (κ3) is 6.29. The zero-order valence-corrected chi connectivity index (χ0v) is 15.8. The summed E-state index contributed by atoms with van der Waals surface area (Å²) in [5, 5.41) is 0. The zero-order chi connectivity index (χ0) is 19.8. The van der Waals surface area contributed by atoms with E-state index >= 15 is 0 Å². The van der Waals surface area contributed by atoms with Gasteiger partial charge in [0.2, 0.25) is 0 Å². The minimum atomic E-state index is -1.46. The maximum absolute atomic E-state index is 11.2. The standard InChI is InChI=1S/C20H22BNO5/c1-14(18-10-6-5-7-11-18)22-15(2)19-12-8-9-13-20(19)27-21(25-16(3)23)26-17(4)24/h5-14H,1-4H3/t14-/m1/s1. The van der Waals surface area contributed by atoms with Crippen molar-refractivity contribution in [2.45, 2.75) is 33.7 Å². The predicted molar refractivity (Wildman–Crippen MR) is 103 cm³/mol. The molecule has 0 saturated carbocycles. The molecule has 0 bridgehead atoms. The SMILES string of the molecule is CC(=O)OB(OC(C)=O)Oc1ccccc1C(C)=N[C@H](C)c1ccccc1. The summed E-state index contributed by atoms with van der Waals surface area (Å²) in [5.74, 6) is -0.852. The molecule has 1 atom stereocenters. The second-order valence-corrected chi connectivity index (χ2v) is 5.92. The second kappa shape index (κ2) is 9.57. The van der Waals surface area contributed by atoms with Crippen molar-refractivity contribution in [3.63, 3.8) is 0 Å². The van der Waals surface area contributed by atoms with Gasteiger partial charge < -0.3 is 14.0 Å². The highest BCUT2D eigenvalue weighted by molar-refractivity contribution is 6.42. The molecule has 0 unspecified atom stereocenters. The van der Waals surface area contributed by atoms with Crippen LogP contribution in [0.25, 0.3) is 0 Å². The van der Waals surface area contributed by atoms with Crippen LogP contribution in [0.3, 0.4) is 0 Å². The third-order valence-electron chi connectivity index (χ3n) is 3.69. The second-order valence-electron chi connectivity index (χ2n) is 5.92. The van der Waals surface area contributed by atoms with Gasteiger partial charge in [-0.25, -0.2) is 0 Å². The molecular weight excluding hydrogens is 345 g/mol. The molecule has 0 spiro atoms. The number of carbonyl (C=O) groups excluding carboxylic acids is 2. The minimum Gasteiger partial charge on any atom is -0.489 e. The van der Waals surface area contributed by atoms with Crippen LogP contribution in [0, 0.1) is 0 Å². The Morgan fingerprint density at radius 2 is 1.44 bits per heavy atom. The molecule has 0 aliphatic heterocycles. The quantitative estimate of drug-likeness (QED) is 0.551. The summed E-state index contributed by atoms with van der Waals surface area (Å²) in [5.41, 5.74) is 2.55. The lowest BCUT2D eigenvalue weighted by Gasteiger charge is -2.16. The van der Waals surface area contributed by atoms with Crippen LogP contribution < -0.4 is 4.65 Å². The fourth-order valence-corrected chi connectivity index (χ4v) is 2.48. The number of hydrogen-bond acceptors (Lipinski definition) is 6. The molecular formula is C20H22BNO5. The highest BCUT2D eigenvalue weighted by atomic mass is 16.8. The van der Waals surface area contributed by atoms with E-state index in [0.29, 0.717) is 11.3 Å². The molecule has 0 amide bonds. The van der Waals surface area contributed by atoms with Crippen molar-refractivity contribution in [2.75, 3.05) is 0 Å². The number of para-hydroxylation sites is 1. The number of carbonyl (C=O) groups is 2. The lowest BCUT2D eigenvalue weighted by atomic mass is 10.1. The molecule has 0 saturated heterocycles. The predicted octanol–water partition coefficient (Wildman–Crippen LogP) is 3.75. The van der Waals surface area contributed by atoms with Crippen molar-refractivity contribution in [3.05, 3.63) is 65.7 Å². The van der Waals surface area contributed by atoms with Gasteiger partial charge in [0.05, 0.1) is 6.04 Å². The summed E-state index contributed by atoms with van der Waals surface area (Å²) < 4.78 is 15.4. The normalized spacial score (nSPS) is 12.1. The smallest absolute Gasteiger partial charge is 0.489 e. The highest BCUT2D eigenvalue weighted by Crippen LogP contribution is 2.23. The molecule has 6 nitrogen and oxygen atoms in total. The van der Waals surface area contributed by atoms with Crippen molar-refractivity contribution in [1.82, 2.24) is 0 Å². The van der Waals surface area contributed by atoms with Crippen molar-refractivity contribution in [2.24, 2.45) is 4.99 Å². The highest BCUT2D eigenvalue weighted by Gasteiger charge is 2.33. The summed E-state index contributed by atoms with van der Waals surface area (Å²) in [7, 11) is -1.46. The molecule has 2 aromatic carbocycles. The van der Waals surface area contributed by atoms with E-state index in [1.165, 1.54) is 13.8 Å². The summed E-state index contributed by atoms with van der Waals surface area (Å²) in [6.07, 6.45) is 0. The molecule has 2 rings (SSSR count). The minimum absolute atomic E-state index is 0.0445.